The summed E-state index contributed by atoms with van der Waals surface area (Å²) in [6.45, 7) is 4.91. The summed E-state index contributed by atoms with van der Waals surface area (Å²) in [5, 5.41) is 7.70. The lowest BCUT2D eigenvalue weighted by atomic mass is 10.1. The number of carbonyl (C=O) groups is 1. The molecule has 1 amide bonds. The molecule has 19 heavy (non-hydrogen) atoms. The summed E-state index contributed by atoms with van der Waals surface area (Å²) < 4.78 is 22.7. The van der Waals surface area contributed by atoms with Crippen molar-refractivity contribution in [2.75, 3.05) is 5.32 Å². The molecule has 0 aliphatic carbocycles. The zero-order valence-corrected chi connectivity index (χ0v) is 12.9. The van der Waals surface area contributed by atoms with Gasteiger partial charge < -0.3 is 5.32 Å². The lowest BCUT2D eigenvalue weighted by Crippen LogP contribution is -2.19. The van der Waals surface area contributed by atoms with Crippen molar-refractivity contribution in [1.29, 1.82) is 0 Å². The van der Waals surface area contributed by atoms with Crippen molar-refractivity contribution in [1.82, 2.24) is 0 Å². The van der Waals surface area contributed by atoms with Gasteiger partial charge in [0.1, 0.15) is 0 Å². The van der Waals surface area contributed by atoms with Gasteiger partial charge in [0.25, 0.3) is 0 Å². The zero-order valence-electron chi connectivity index (χ0n) is 10.6. The van der Waals surface area contributed by atoms with Gasteiger partial charge in [0, 0.05) is 5.92 Å². The molecule has 0 bridgehead atoms. The Hall–Kier alpha value is -0.820. The third kappa shape index (κ3) is 3.60. The molecule has 0 saturated carbocycles. The first-order valence-corrected chi connectivity index (χ1v) is 7.68. The number of rotatable bonds is 3. The van der Waals surface area contributed by atoms with Crippen molar-refractivity contribution in [3.05, 3.63) is 21.7 Å². The van der Waals surface area contributed by atoms with Crippen LogP contribution in [0.4, 0.5) is 5.69 Å². The van der Waals surface area contributed by atoms with E-state index in [0.717, 1.165) is 0 Å². The molecular weight excluding hydrogens is 311 g/mol. The van der Waals surface area contributed by atoms with Gasteiger partial charge in [-0.25, -0.2) is 13.6 Å². The molecule has 3 N–H and O–H groups in total. The average molecular weight is 325 g/mol. The smallest absolute Gasteiger partial charge is 0.238 e. The van der Waals surface area contributed by atoms with E-state index < -0.39 is 10.0 Å². The highest BCUT2D eigenvalue weighted by Gasteiger charge is 2.21. The molecule has 1 aromatic rings. The molecule has 1 aromatic carbocycles. The number of sulfonamides is 1. The number of hydrogen-bond acceptors (Lipinski definition) is 3. The highest BCUT2D eigenvalue weighted by atomic mass is 35.5. The molecule has 106 valence electrons. The summed E-state index contributed by atoms with van der Waals surface area (Å²) in [7, 11) is -3.92. The second-order valence-corrected chi connectivity index (χ2v) is 6.67. The number of carbonyl (C=O) groups excluding carboxylic acids is 1. The highest BCUT2D eigenvalue weighted by Crippen LogP contribution is 2.37. The van der Waals surface area contributed by atoms with E-state index in [9.17, 15) is 13.2 Å². The predicted octanol–water partition coefficient (Wildman–Crippen LogP) is 2.54. The monoisotopic (exact) mass is 324 g/mol. The number of hydrogen-bond donors (Lipinski definition) is 2. The molecule has 0 fully saturated rings. The molecule has 0 spiro atoms. The first-order chi connectivity index (χ1) is 8.55. The Kier molecular flexibility index (Phi) is 4.84. The van der Waals surface area contributed by atoms with Gasteiger partial charge in [0.2, 0.25) is 15.9 Å². The Morgan fingerprint density at radius 3 is 2.32 bits per heavy atom. The molecule has 0 saturated heterocycles. The van der Waals surface area contributed by atoms with Gasteiger partial charge in [0.05, 0.1) is 20.6 Å². The fourth-order valence-corrected chi connectivity index (χ4v) is 2.86. The molecule has 0 aromatic heterocycles. The van der Waals surface area contributed by atoms with Crippen LogP contribution in [0.25, 0.3) is 0 Å². The van der Waals surface area contributed by atoms with Crippen LogP contribution in [0.1, 0.15) is 19.4 Å². The Morgan fingerprint density at radius 2 is 1.89 bits per heavy atom. The van der Waals surface area contributed by atoms with E-state index in [1.807, 2.05) is 0 Å². The van der Waals surface area contributed by atoms with Crippen molar-refractivity contribution in [3.63, 3.8) is 0 Å². The van der Waals surface area contributed by atoms with Crippen LogP contribution >= 0.6 is 23.2 Å². The van der Waals surface area contributed by atoms with E-state index >= 15 is 0 Å². The number of halogens is 2. The second-order valence-electron chi connectivity index (χ2n) is 4.36. The normalized spacial score (nSPS) is 11.7. The SMILES string of the molecule is Cc1c(S(N)(=O)=O)cc(Cl)c(NC(=O)C(C)C)c1Cl. The zero-order chi connectivity index (χ0) is 15.0. The summed E-state index contributed by atoms with van der Waals surface area (Å²) in [5.41, 5.74) is 0.430. The van der Waals surface area contributed by atoms with Crippen LogP contribution in [-0.2, 0) is 14.8 Å². The van der Waals surface area contributed by atoms with E-state index in [1.165, 1.54) is 13.0 Å². The Balaban J connectivity index is 3.39. The van der Waals surface area contributed by atoms with Crippen molar-refractivity contribution in [2.45, 2.75) is 25.7 Å². The van der Waals surface area contributed by atoms with Crippen molar-refractivity contribution in [3.8, 4) is 0 Å². The quantitative estimate of drug-likeness (QED) is 0.895. The lowest BCUT2D eigenvalue weighted by Gasteiger charge is -2.15. The molecule has 0 heterocycles. The van der Waals surface area contributed by atoms with Gasteiger partial charge in [-0.15, -0.1) is 0 Å². The molecule has 0 radical (unpaired) electrons. The van der Waals surface area contributed by atoms with Gasteiger partial charge in [0.15, 0.2) is 0 Å². The van der Waals surface area contributed by atoms with Crippen LogP contribution in [-0.4, -0.2) is 14.3 Å². The van der Waals surface area contributed by atoms with E-state index in [2.05, 4.69) is 5.32 Å². The van der Waals surface area contributed by atoms with Gasteiger partial charge in [-0.3, -0.25) is 4.79 Å². The Labute approximate surface area is 122 Å². The number of anilines is 1. The minimum absolute atomic E-state index is 0.0219. The molecular formula is C11H14Cl2N2O3S. The highest BCUT2D eigenvalue weighted by molar-refractivity contribution is 7.89. The molecule has 0 unspecified atom stereocenters. The minimum Gasteiger partial charge on any atom is -0.323 e. The summed E-state index contributed by atoms with van der Waals surface area (Å²) in [4.78, 5) is 11.5. The van der Waals surface area contributed by atoms with Gasteiger partial charge >= 0.3 is 0 Å². The topological polar surface area (TPSA) is 89.3 Å². The van der Waals surface area contributed by atoms with Crippen molar-refractivity contribution >= 4 is 44.8 Å². The van der Waals surface area contributed by atoms with Gasteiger partial charge in [-0.2, -0.15) is 0 Å². The molecule has 8 heteroatoms. The second kappa shape index (κ2) is 5.66. The number of amides is 1. The molecule has 5 nitrogen and oxygen atoms in total. The maximum absolute atomic E-state index is 11.6. The first-order valence-electron chi connectivity index (χ1n) is 5.38. The number of nitrogens with two attached hydrogens (primary N) is 1. The van der Waals surface area contributed by atoms with Crippen molar-refractivity contribution < 1.29 is 13.2 Å². The molecule has 0 atom stereocenters. The van der Waals surface area contributed by atoms with Crippen LogP contribution in [0.15, 0.2) is 11.0 Å². The standard InChI is InChI=1S/C11H14Cl2N2O3S/c1-5(2)11(16)15-10-7(12)4-8(19(14,17)18)6(3)9(10)13/h4-5H,1-3H3,(H,15,16)(H2,14,17,18). The fraction of sp³-hybridized carbons (Fsp3) is 0.364. The molecule has 0 aliphatic rings. The minimum atomic E-state index is -3.92. The summed E-state index contributed by atoms with van der Waals surface area (Å²) in [6.07, 6.45) is 0. The molecule has 0 aliphatic heterocycles. The van der Waals surface area contributed by atoms with Crippen LogP contribution in [0, 0.1) is 12.8 Å². The number of benzene rings is 1. The third-order valence-corrected chi connectivity index (χ3v) is 4.30. The van der Waals surface area contributed by atoms with Crippen LogP contribution in [0.3, 0.4) is 0 Å². The van der Waals surface area contributed by atoms with Crippen LogP contribution < -0.4 is 10.5 Å². The van der Waals surface area contributed by atoms with E-state index in [4.69, 9.17) is 28.3 Å². The largest absolute Gasteiger partial charge is 0.323 e. The predicted molar refractivity (Wildman–Crippen MR) is 76.0 cm³/mol. The number of nitrogens with one attached hydrogen (secondary N) is 1. The maximum atomic E-state index is 11.6. The maximum Gasteiger partial charge on any atom is 0.238 e. The Morgan fingerprint density at radius 1 is 1.37 bits per heavy atom. The van der Waals surface area contributed by atoms with Gasteiger partial charge in [-0.1, -0.05) is 37.0 Å². The summed E-state index contributed by atoms with van der Waals surface area (Å²) >= 11 is 12.0. The third-order valence-electron chi connectivity index (χ3n) is 2.49. The van der Waals surface area contributed by atoms with Gasteiger partial charge in [-0.05, 0) is 18.6 Å². The summed E-state index contributed by atoms with van der Waals surface area (Å²) in [5.74, 6) is -0.531. The van der Waals surface area contributed by atoms with Crippen molar-refractivity contribution in [2.24, 2.45) is 11.1 Å². The molecule has 1 rings (SSSR count). The van der Waals surface area contributed by atoms with Crippen LogP contribution in [0.2, 0.25) is 10.0 Å². The number of primary sulfonamides is 1. The van der Waals surface area contributed by atoms with E-state index in [1.54, 1.807) is 13.8 Å². The lowest BCUT2D eigenvalue weighted by molar-refractivity contribution is -0.118. The Bertz CT molecular complexity index is 627. The van der Waals surface area contributed by atoms with E-state index in [-0.39, 0.29) is 38.0 Å². The van der Waals surface area contributed by atoms with Crippen LogP contribution in [0.5, 0.6) is 0 Å². The first kappa shape index (κ1) is 16.2. The van der Waals surface area contributed by atoms with E-state index in [0.29, 0.717) is 0 Å². The summed E-state index contributed by atoms with van der Waals surface area (Å²) in [6, 6.07) is 1.17. The fourth-order valence-electron chi connectivity index (χ4n) is 1.37. The average Bonchev–Trinajstić information content (AvgIpc) is 2.27.